The maximum atomic E-state index is 4.55. The van der Waals surface area contributed by atoms with Crippen molar-refractivity contribution in [1.82, 2.24) is 14.5 Å². The monoisotopic (exact) mass is 241 g/mol. The van der Waals surface area contributed by atoms with Gasteiger partial charge in [-0.05, 0) is 25.0 Å². The summed E-state index contributed by atoms with van der Waals surface area (Å²) in [6, 6.07) is 4.22. The molecule has 0 saturated heterocycles. The van der Waals surface area contributed by atoms with Crippen LogP contribution in [0.2, 0.25) is 0 Å². The summed E-state index contributed by atoms with van der Waals surface area (Å²) < 4.78 is 2.06. The number of hydrogen-bond donors (Lipinski definition) is 0. The normalized spacial score (nSPS) is 15.9. The van der Waals surface area contributed by atoms with Gasteiger partial charge in [0.25, 0.3) is 0 Å². The van der Waals surface area contributed by atoms with E-state index in [0.717, 1.165) is 11.4 Å². The fourth-order valence-electron chi connectivity index (χ4n) is 2.05. The molecule has 3 nitrogen and oxygen atoms in total. The summed E-state index contributed by atoms with van der Waals surface area (Å²) in [6.07, 6.45) is 8.53. The molecule has 3 rings (SSSR count). The smallest absolute Gasteiger partial charge is 0.0995 e. The van der Waals surface area contributed by atoms with Gasteiger partial charge in [-0.2, -0.15) is 0 Å². The molecular weight excluding hydrogens is 222 g/mol. The zero-order chi connectivity index (χ0) is 12.8. The molecule has 1 fully saturated rings. The van der Waals surface area contributed by atoms with E-state index in [2.05, 4.69) is 53.6 Å². The van der Waals surface area contributed by atoms with Crippen molar-refractivity contribution < 1.29 is 0 Å². The summed E-state index contributed by atoms with van der Waals surface area (Å²) in [5.74, 6) is 0.702. The van der Waals surface area contributed by atoms with Gasteiger partial charge in [-0.1, -0.05) is 20.8 Å². The highest BCUT2D eigenvalue weighted by Gasteiger charge is 2.25. The number of rotatable bonds is 2. The van der Waals surface area contributed by atoms with Crippen LogP contribution in [0, 0.1) is 0 Å². The predicted octanol–water partition coefficient (Wildman–Crippen LogP) is 3.44. The molecular formula is C15H19N3. The number of imidazole rings is 1. The summed E-state index contributed by atoms with van der Waals surface area (Å²) in [7, 11) is 0. The van der Waals surface area contributed by atoms with E-state index in [-0.39, 0.29) is 5.41 Å². The molecule has 0 spiro atoms. The second-order valence-corrected chi connectivity index (χ2v) is 6.13. The van der Waals surface area contributed by atoms with Crippen molar-refractivity contribution in [3.63, 3.8) is 0 Å². The molecule has 2 aromatic rings. The van der Waals surface area contributed by atoms with Gasteiger partial charge in [-0.3, -0.25) is 4.98 Å². The average molecular weight is 241 g/mol. The molecule has 0 aromatic carbocycles. The van der Waals surface area contributed by atoms with E-state index in [9.17, 15) is 0 Å². The molecule has 1 aliphatic carbocycles. The second-order valence-electron chi connectivity index (χ2n) is 6.13. The first-order valence-electron chi connectivity index (χ1n) is 6.55. The Balaban J connectivity index is 1.87. The Morgan fingerprint density at radius 2 is 1.94 bits per heavy atom. The highest BCUT2D eigenvalue weighted by atomic mass is 15.0. The van der Waals surface area contributed by atoms with Gasteiger partial charge in [-0.15, -0.1) is 0 Å². The van der Waals surface area contributed by atoms with Gasteiger partial charge in [0.15, 0.2) is 0 Å². The Bertz CT molecular complexity index is 542. The van der Waals surface area contributed by atoms with Gasteiger partial charge in [-0.25, -0.2) is 4.98 Å². The van der Waals surface area contributed by atoms with Gasteiger partial charge >= 0.3 is 0 Å². The number of aromatic nitrogens is 3. The number of hydrogen-bond acceptors (Lipinski definition) is 2. The third-order valence-electron chi connectivity index (χ3n) is 3.41. The molecule has 1 aliphatic rings. The molecule has 1 saturated carbocycles. The van der Waals surface area contributed by atoms with E-state index in [1.807, 2.05) is 12.5 Å². The van der Waals surface area contributed by atoms with Crippen LogP contribution >= 0.6 is 0 Å². The van der Waals surface area contributed by atoms with E-state index in [1.54, 1.807) is 0 Å². The zero-order valence-electron chi connectivity index (χ0n) is 11.2. The number of nitrogens with zero attached hydrogens (tertiary/aromatic N) is 3. The summed E-state index contributed by atoms with van der Waals surface area (Å²) >= 11 is 0. The summed E-state index contributed by atoms with van der Waals surface area (Å²) in [6.45, 7) is 6.53. The first-order chi connectivity index (χ1) is 8.54. The Morgan fingerprint density at radius 3 is 2.50 bits per heavy atom. The van der Waals surface area contributed by atoms with Crippen LogP contribution in [0.4, 0.5) is 0 Å². The fourth-order valence-corrected chi connectivity index (χ4v) is 2.05. The minimum absolute atomic E-state index is 0.104. The summed E-state index contributed by atoms with van der Waals surface area (Å²) in [5, 5.41) is 0. The minimum atomic E-state index is 0.104. The Hall–Kier alpha value is -1.64. The lowest BCUT2D eigenvalue weighted by molar-refractivity contribution is 0.568. The molecule has 0 amide bonds. The zero-order valence-corrected chi connectivity index (χ0v) is 11.2. The summed E-state index contributed by atoms with van der Waals surface area (Å²) in [4.78, 5) is 9.01. The van der Waals surface area contributed by atoms with Crippen LogP contribution in [0.15, 0.2) is 30.9 Å². The van der Waals surface area contributed by atoms with Crippen LogP contribution in [-0.2, 0) is 5.41 Å². The predicted molar refractivity (Wildman–Crippen MR) is 72.0 cm³/mol. The molecule has 2 aromatic heterocycles. The third kappa shape index (κ3) is 2.17. The van der Waals surface area contributed by atoms with Crippen molar-refractivity contribution in [2.45, 2.75) is 44.9 Å². The quantitative estimate of drug-likeness (QED) is 0.806. The highest BCUT2D eigenvalue weighted by Crippen LogP contribution is 2.39. The fraction of sp³-hybridized carbons (Fsp3) is 0.467. The molecule has 0 radical (unpaired) electrons. The Morgan fingerprint density at radius 1 is 1.17 bits per heavy atom. The maximum Gasteiger partial charge on any atom is 0.0995 e. The van der Waals surface area contributed by atoms with Crippen LogP contribution in [0.1, 0.15) is 50.9 Å². The average Bonchev–Trinajstić information content (AvgIpc) is 3.06. The third-order valence-corrected chi connectivity index (χ3v) is 3.41. The first-order valence-corrected chi connectivity index (χ1v) is 6.55. The van der Waals surface area contributed by atoms with Crippen molar-refractivity contribution >= 4 is 0 Å². The van der Waals surface area contributed by atoms with Gasteiger partial charge in [0.05, 0.1) is 23.9 Å². The van der Waals surface area contributed by atoms with Gasteiger partial charge in [0.2, 0.25) is 0 Å². The molecule has 2 heterocycles. The molecule has 0 atom stereocenters. The van der Waals surface area contributed by atoms with E-state index in [4.69, 9.17) is 0 Å². The van der Waals surface area contributed by atoms with E-state index >= 15 is 0 Å². The highest BCUT2D eigenvalue weighted by molar-refractivity contribution is 5.32. The van der Waals surface area contributed by atoms with Crippen LogP contribution in [0.25, 0.3) is 5.69 Å². The molecule has 3 heteroatoms. The van der Waals surface area contributed by atoms with E-state index < -0.39 is 0 Å². The van der Waals surface area contributed by atoms with Crippen molar-refractivity contribution in [1.29, 1.82) is 0 Å². The molecule has 0 bridgehead atoms. The van der Waals surface area contributed by atoms with Crippen molar-refractivity contribution in [3.8, 4) is 5.69 Å². The SMILES string of the molecule is CC(C)(C)c1ccc(-n2cnc(C3CC3)c2)cn1. The molecule has 0 unspecified atom stereocenters. The van der Waals surface area contributed by atoms with Gasteiger partial charge in [0, 0.05) is 23.2 Å². The molecule has 94 valence electrons. The first kappa shape index (κ1) is 11.5. The largest absolute Gasteiger partial charge is 0.304 e. The van der Waals surface area contributed by atoms with Gasteiger partial charge < -0.3 is 4.57 Å². The maximum absolute atomic E-state index is 4.55. The van der Waals surface area contributed by atoms with Crippen LogP contribution < -0.4 is 0 Å². The second kappa shape index (κ2) is 3.94. The van der Waals surface area contributed by atoms with Crippen LogP contribution in [0.5, 0.6) is 0 Å². The molecule has 18 heavy (non-hydrogen) atoms. The minimum Gasteiger partial charge on any atom is -0.304 e. The Labute approximate surface area is 108 Å². The van der Waals surface area contributed by atoms with Crippen molar-refractivity contribution in [3.05, 3.63) is 42.2 Å². The standard InChI is InChI=1S/C15H19N3/c1-15(2,3)14-7-6-12(8-16-14)18-9-13(17-10-18)11-4-5-11/h6-11H,4-5H2,1-3H3. The lowest BCUT2D eigenvalue weighted by Gasteiger charge is -2.17. The van der Waals surface area contributed by atoms with Gasteiger partial charge in [0.1, 0.15) is 0 Å². The van der Waals surface area contributed by atoms with Crippen LogP contribution in [-0.4, -0.2) is 14.5 Å². The van der Waals surface area contributed by atoms with Crippen molar-refractivity contribution in [2.24, 2.45) is 0 Å². The van der Waals surface area contributed by atoms with E-state index in [0.29, 0.717) is 5.92 Å². The summed E-state index contributed by atoms with van der Waals surface area (Å²) in [5.41, 5.74) is 3.53. The number of pyridine rings is 1. The van der Waals surface area contributed by atoms with E-state index in [1.165, 1.54) is 18.5 Å². The molecule has 0 aliphatic heterocycles. The lowest BCUT2D eigenvalue weighted by Crippen LogP contribution is -2.13. The Kier molecular flexibility index (Phi) is 2.51. The van der Waals surface area contributed by atoms with Crippen molar-refractivity contribution in [2.75, 3.05) is 0 Å². The lowest BCUT2D eigenvalue weighted by atomic mass is 9.92. The van der Waals surface area contributed by atoms with Crippen LogP contribution in [0.3, 0.4) is 0 Å². The molecule has 0 N–H and O–H groups in total. The topological polar surface area (TPSA) is 30.7 Å².